The lowest BCUT2D eigenvalue weighted by molar-refractivity contribution is 0.0971. The highest BCUT2D eigenvalue weighted by Gasteiger charge is 2.26. The molecule has 0 saturated carbocycles. The molecular formula is C11H14N2O3S. The van der Waals surface area contributed by atoms with Gasteiger partial charge in [0.05, 0.1) is 11.5 Å². The number of nitrogens with zero attached hydrogens (tertiary/aromatic N) is 1. The van der Waals surface area contributed by atoms with E-state index in [1.54, 1.807) is 18.3 Å². The van der Waals surface area contributed by atoms with Crippen molar-refractivity contribution < 1.29 is 13.2 Å². The quantitative estimate of drug-likeness (QED) is 0.771. The lowest BCUT2D eigenvalue weighted by atomic mass is 10.1. The van der Waals surface area contributed by atoms with Gasteiger partial charge in [0.2, 0.25) is 0 Å². The van der Waals surface area contributed by atoms with Crippen molar-refractivity contribution in [3.05, 3.63) is 30.1 Å². The molecule has 1 aromatic heterocycles. The number of Topliss-reactive ketones (excluding diaryl/α,β-unsaturated/α-hetero) is 1. The van der Waals surface area contributed by atoms with E-state index in [4.69, 9.17) is 0 Å². The predicted octanol–water partition coefficient (Wildman–Crippen LogP) is 0.0410. The van der Waals surface area contributed by atoms with Gasteiger partial charge in [0.25, 0.3) is 0 Å². The van der Waals surface area contributed by atoms with Gasteiger partial charge < -0.3 is 5.32 Å². The Morgan fingerprint density at radius 3 is 3.00 bits per heavy atom. The Bertz CT molecular complexity index is 499. The maximum atomic E-state index is 11.8. The molecule has 5 nitrogen and oxygen atoms in total. The zero-order valence-electron chi connectivity index (χ0n) is 9.30. The number of sulfone groups is 1. The van der Waals surface area contributed by atoms with Gasteiger partial charge in [-0.05, 0) is 12.1 Å². The van der Waals surface area contributed by atoms with Crippen molar-refractivity contribution in [1.82, 2.24) is 10.3 Å². The molecule has 1 atom stereocenters. The second kappa shape index (κ2) is 4.93. The molecule has 17 heavy (non-hydrogen) atoms. The van der Waals surface area contributed by atoms with Crippen molar-refractivity contribution in [2.75, 3.05) is 18.1 Å². The number of carbonyl (C=O) groups excluding carboxylic acids is 1. The third-order valence-corrected chi connectivity index (χ3v) is 4.45. The summed E-state index contributed by atoms with van der Waals surface area (Å²) < 4.78 is 22.8. The zero-order chi connectivity index (χ0) is 12.3. The van der Waals surface area contributed by atoms with Crippen LogP contribution in [0.5, 0.6) is 0 Å². The van der Waals surface area contributed by atoms with Crippen LogP contribution in [-0.2, 0) is 9.84 Å². The lowest BCUT2D eigenvalue weighted by Crippen LogP contribution is -2.45. The van der Waals surface area contributed by atoms with E-state index >= 15 is 0 Å². The summed E-state index contributed by atoms with van der Waals surface area (Å²) >= 11 is 0. The Morgan fingerprint density at radius 2 is 2.35 bits per heavy atom. The molecule has 0 bridgehead atoms. The summed E-state index contributed by atoms with van der Waals surface area (Å²) in [5.74, 6) is 0.122. The van der Waals surface area contributed by atoms with Crippen LogP contribution in [-0.4, -0.2) is 43.3 Å². The molecule has 2 heterocycles. The molecule has 92 valence electrons. The molecular weight excluding hydrogens is 240 g/mol. The van der Waals surface area contributed by atoms with Crippen molar-refractivity contribution in [2.45, 2.75) is 12.5 Å². The molecule has 0 aromatic carbocycles. The minimum atomic E-state index is -2.99. The van der Waals surface area contributed by atoms with Gasteiger partial charge in [0.15, 0.2) is 15.6 Å². The van der Waals surface area contributed by atoms with Crippen molar-refractivity contribution in [3.63, 3.8) is 0 Å². The number of hydrogen-bond acceptors (Lipinski definition) is 5. The maximum Gasteiger partial charge on any atom is 0.166 e. The zero-order valence-corrected chi connectivity index (χ0v) is 10.1. The standard InChI is InChI=1S/C11H14N2O3S/c14-11(9-2-1-3-12-7-9)6-10-8-17(15,16)5-4-13-10/h1-3,7,10,13H,4-6,8H2. The van der Waals surface area contributed by atoms with Crippen LogP contribution in [0.4, 0.5) is 0 Å². The van der Waals surface area contributed by atoms with Crippen LogP contribution < -0.4 is 5.32 Å². The molecule has 1 aliphatic heterocycles. The third kappa shape index (κ3) is 3.34. The summed E-state index contributed by atoms with van der Waals surface area (Å²) in [5, 5.41) is 3.05. The highest BCUT2D eigenvalue weighted by atomic mass is 32.2. The molecule has 0 amide bonds. The summed E-state index contributed by atoms with van der Waals surface area (Å²) in [7, 11) is -2.99. The first-order valence-electron chi connectivity index (χ1n) is 5.44. The van der Waals surface area contributed by atoms with Crippen LogP contribution in [0.3, 0.4) is 0 Å². The van der Waals surface area contributed by atoms with Gasteiger partial charge in [-0.3, -0.25) is 9.78 Å². The summed E-state index contributed by atoms with van der Waals surface area (Å²) in [6, 6.07) is 3.10. The van der Waals surface area contributed by atoms with Gasteiger partial charge in [0, 0.05) is 37.0 Å². The molecule has 0 radical (unpaired) electrons. The molecule has 1 aliphatic rings. The molecule has 6 heteroatoms. The first-order valence-corrected chi connectivity index (χ1v) is 7.26. The molecule has 2 rings (SSSR count). The average molecular weight is 254 g/mol. The van der Waals surface area contributed by atoms with Crippen LogP contribution in [0.1, 0.15) is 16.8 Å². The van der Waals surface area contributed by atoms with E-state index in [0.29, 0.717) is 12.1 Å². The van der Waals surface area contributed by atoms with Crippen molar-refractivity contribution in [2.24, 2.45) is 0 Å². The summed E-state index contributed by atoms with van der Waals surface area (Å²) in [4.78, 5) is 15.7. The fourth-order valence-corrected chi connectivity index (χ4v) is 3.31. The number of ketones is 1. The van der Waals surface area contributed by atoms with Crippen molar-refractivity contribution in [3.8, 4) is 0 Å². The molecule has 0 aliphatic carbocycles. The number of carbonyl (C=O) groups is 1. The van der Waals surface area contributed by atoms with Gasteiger partial charge in [-0.1, -0.05) is 0 Å². The number of rotatable bonds is 3. The highest BCUT2D eigenvalue weighted by Crippen LogP contribution is 2.09. The SMILES string of the molecule is O=C(CC1CS(=O)(=O)CCN1)c1cccnc1. The Kier molecular flexibility index (Phi) is 3.54. The van der Waals surface area contributed by atoms with Gasteiger partial charge in [-0.15, -0.1) is 0 Å². The minimum absolute atomic E-state index is 0.0407. The second-order valence-electron chi connectivity index (χ2n) is 4.13. The summed E-state index contributed by atoms with van der Waals surface area (Å²) in [6.07, 6.45) is 3.30. The van der Waals surface area contributed by atoms with Gasteiger partial charge in [0.1, 0.15) is 0 Å². The van der Waals surface area contributed by atoms with E-state index in [1.165, 1.54) is 6.20 Å². The smallest absolute Gasteiger partial charge is 0.166 e. The van der Waals surface area contributed by atoms with E-state index < -0.39 is 9.84 Å². The fourth-order valence-electron chi connectivity index (χ4n) is 1.87. The van der Waals surface area contributed by atoms with Crippen LogP contribution in [0.25, 0.3) is 0 Å². The van der Waals surface area contributed by atoms with Crippen molar-refractivity contribution >= 4 is 15.6 Å². The van der Waals surface area contributed by atoms with E-state index in [-0.39, 0.29) is 29.8 Å². The van der Waals surface area contributed by atoms with Crippen LogP contribution in [0, 0.1) is 0 Å². The highest BCUT2D eigenvalue weighted by molar-refractivity contribution is 7.91. The Hall–Kier alpha value is -1.27. The van der Waals surface area contributed by atoms with Crippen LogP contribution >= 0.6 is 0 Å². The molecule has 1 unspecified atom stereocenters. The normalized spacial score (nSPS) is 23.2. The van der Waals surface area contributed by atoms with Gasteiger partial charge in [-0.25, -0.2) is 8.42 Å². The molecule has 1 aromatic rings. The van der Waals surface area contributed by atoms with E-state index in [1.807, 2.05) is 0 Å². The van der Waals surface area contributed by atoms with E-state index in [9.17, 15) is 13.2 Å². The number of pyridine rings is 1. The van der Waals surface area contributed by atoms with E-state index in [2.05, 4.69) is 10.3 Å². The first kappa shape index (κ1) is 12.2. The summed E-state index contributed by atoms with van der Waals surface area (Å²) in [5.41, 5.74) is 0.525. The lowest BCUT2D eigenvalue weighted by Gasteiger charge is -2.22. The van der Waals surface area contributed by atoms with Crippen molar-refractivity contribution in [1.29, 1.82) is 0 Å². The monoisotopic (exact) mass is 254 g/mol. The molecule has 1 fully saturated rings. The minimum Gasteiger partial charge on any atom is -0.312 e. The Balaban J connectivity index is 2.00. The maximum absolute atomic E-state index is 11.8. The van der Waals surface area contributed by atoms with E-state index in [0.717, 1.165) is 0 Å². The van der Waals surface area contributed by atoms with Gasteiger partial charge >= 0.3 is 0 Å². The Morgan fingerprint density at radius 1 is 1.53 bits per heavy atom. The first-order chi connectivity index (χ1) is 8.07. The number of hydrogen-bond donors (Lipinski definition) is 1. The van der Waals surface area contributed by atoms with Crippen LogP contribution in [0.2, 0.25) is 0 Å². The second-order valence-corrected chi connectivity index (χ2v) is 6.36. The Labute approximate surface area is 100 Å². The predicted molar refractivity (Wildman–Crippen MR) is 63.6 cm³/mol. The molecule has 0 spiro atoms. The topological polar surface area (TPSA) is 76.1 Å². The number of aromatic nitrogens is 1. The summed E-state index contributed by atoms with van der Waals surface area (Å²) in [6.45, 7) is 0.424. The largest absolute Gasteiger partial charge is 0.312 e. The average Bonchev–Trinajstić information content (AvgIpc) is 2.29. The fraction of sp³-hybridized carbons (Fsp3) is 0.455. The third-order valence-electron chi connectivity index (χ3n) is 2.72. The molecule has 1 saturated heterocycles. The van der Waals surface area contributed by atoms with Crippen LogP contribution in [0.15, 0.2) is 24.5 Å². The number of nitrogens with one attached hydrogen (secondary N) is 1. The van der Waals surface area contributed by atoms with Gasteiger partial charge in [-0.2, -0.15) is 0 Å². The molecule has 1 N–H and O–H groups in total.